The van der Waals surface area contributed by atoms with Gasteiger partial charge in [0.25, 0.3) is 0 Å². The van der Waals surface area contributed by atoms with Crippen LogP contribution in [0, 0.1) is 6.92 Å². The second-order valence-corrected chi connectivity index (χ2v) is 5.01. The average molecular weight is 307 g/mol. The zero-order valence-electron chi connectivity index (χ0n) is 13.0. The van der Waals surface area contributed by atoms with Crippen LogP contribution in [0.15, 0.2) is 54.9 Å². The molecule has 0 bridgehead atoms. The molecule has 5 heteroatoms. The first-order valence-corrected chi connectivity index (χ1v) is 7.18. The average Bonchev–Trinajstić information content (AvgIpc) is 2.58. The molecule has 1 heterocycles. The molecule has 0 aliphatic carbocycles. The van der Waals surface area contributed by atoms with Crippen molar-refractivity contribution in [2.45, 2.75) is 6.92 Å². The summed E-state index contributed by atoms with van der Waals surface area (Å²) in [7, 11) is 1.59. The molecule has 5 nitrogen and oxygen atoms in total. The van der Waals surface area contributed by atoms with E-state index < -0.39 is 0 Å². The maximum Gasteiger partial charge on any atom is 0.246 e. The summed E-state index contributed by atoms with van der Waals surface area (Å²) in [4.78, 5) is 8.46. The second-order valence-electron chi connectivity index (χ2n) is 5.01. The zero-order chi connectivity index (χ0) is 16.2. The van der Waals surface area contributed by atoms with Gasteiger partial charge < -0.3 is 15.2 Å². The first-order chi connectivity index (χ1) is 11.2. The van der Waals surface area contributed by atoms with Gasteiger partial charge in [-0.3, -0.25) is 0 Å². The fourth-order valence-electron chi connectivity index (χ4n) is 2.32. The van der Waals surface area contributed by atoms with Gasteiger partial charge >= 0.3 is 0 Å². The Morgan fingerprint density at radius 3 is 2.35 bits per heavy atom. The van der Waals surface area contributed by atoms with Crippen LogP contribution >= 0.6 is 0 Å². The summed E-state index contributed by atoms with van der Waals surface area (Å²) in [6.45, 7) is 2.01. The van der Waals surface area contributed by atoms with Gasteiger partial charge in [-0.05, 0) is 24.6 Å². The molecule has 3 rings (SSSR count). The summed E-state index contributed by atoms with van der Waals surface area (Å²) in [5.74, 6) is 1.47. The molecule has 2 N–H and O–H groups in total. The van der Waals surface area contributed by atoms with E-state index in [0.717, 1.165) is 11.1 Å². The summed E-state index contributed by atoms with van der Waals surface area (Å²) in [6, 6.07) is 15.2. The van der Waals surface area contributed by atoms with E-state index in [9.17, 15) is 0 Å². The number of hydrogen-bond donors (Lipinski definition) is 1. The van der Waals surface area contributed by atoms with E-state index in [1.807, 2.05) is 49.4 Å². The van der Waals surface area contributed by atoms with E-state index in [4.69, 9.17) is 15.2 Å². The van der Waals surface area contributed by atoms with Gasteiger partial charge in [-0.25, -0.2) is 4.98 Å². The van der Waals surface area contributed by atoms with Crippen molar-refractivity contribution in [3.8, 4) is 28.6 Å². The number of benzene rings is 2. The van der Waals surface area contributed by atoms with Crippen LogP contribution in [-0.4, -0.2) is 17.1 Å². The standard InChI is InChI=1S/C18H17N3O2/c1-12-7-3-4-8-13(12)17-16(19)18(21-11-20-17)23-15-10-6-5-9-14(15)22-2/h3-11H,19H2,1-2H3. The van der Waals surface area contributed by atoms with Crippen LogP contribution in [0.4, 0.5) is 5.69 Å². The third kappa shape index (κ3) is 2.94. The normalized spacial score (nSPS) is 10.3. The largest absolute Gasteiger partial charge is 0.493 e. The lowest BCUT2D eigenvalue weighted by Gasteiger charge is -2.13. The van der Waals surface area contributed by atoms with Crippen LogP contribution in [0.5, 0.6) is 17.4 Å². The van der Waals surface area contributed by atoms with Crippen molar-refractivity contribution in [1.29, 1.82) is 0 Å². The molecule has 3 aromatic rings. The maximum absolute atomic E-state index is 6.23. The Balaban J connectivity index is 2.02. The van der Waals surface area contributed by atoms with Crippen molar-refractivity contribution < 1.29 is 9.47 Å². The van der Waals surface area contributed by atoms with E-state index in [1.165, 1.54) is 6.33 Å². The minimum Gasteiger partial charge on any atom is -0.493 e. The first-order valence-electron chi connectivity index (χ1n) is 7.18. The van der Waals surface area contributed by atoms with Crippen LogP contribution < -0.4 is 15.2 Å². The second kappa shape index (κ2) is 6.36. The molecular formula is C18H17N3O2. The number of ether oxygens (including phenoxy) is 2. The summed E-state index contributed by atoms with van der Waals surface area (Å²) in [5, 5.41) is 0. The number of hydrogen-bond acceptors (Lipinski definition) is 5. The molecule has 1 aromatic heterocycles. The van der Waals surface area contributed by atoms with Crippen molar-refractivity contribution in [2.24, 2.45) is 0 Å². The highest BCUT2D eigenvalue weighted by Gasteiger charge is 2.14. The Morgan fingerprint density at radius 2 is 1.61 bits per heavy atom. The fourth-order valence-corrected chi connectivity index (χ4v) is 2.32. The summed E-state index contributed by atoms with van der Waals surface area (Å²) < 4.78 is 11.1. The van der Waals surface area contributed by atoms with Crippen LogP contribution in [0.1, 0.15) is 5.56 Å². The van der Waals surface area contributed by atoms with Crippen LogP contribution in [0.3, 0.4) is 0 Å². The number of para-hydroxylation sites is 2. The smallest absolute Gasteiger partial charge is 0.246 e. The fraction of sp³-hybridized carbons (Fsp3) is 0.111. The molecule has 0 atom stereocenters. The molecule has 0 amide bonds. The Morgan fingerprint density at radius 1 is 0.913 bits per heavy atom. The zero-order valence-corrected chi connectivity index (χ0v) is 13.0. The Bertz CT molecular complexity index is 834. The minimum absolute atomic E-state index is 0.308. The molecule has 0 saturated heterocycles. The van der Waals surface area contributed by atoms with E-state index in [0.29, 0.717) is 28.8 Å². The number of methoxy groups -OCH3 is 1. The number of nitrogens with two attached hydrogens (primary N) is 1. The number of anilines is 1. The lowest BCUT2D eigenvalue weighted by atomic mass is 10.0. The molecule has 0 aliphatic rings. The molecule has 0 saturated carbocycles. The van der Waals surface area contributed by atoms with E-state index in [-0.39, 0.29) is 0 Å². The van der Waals surface area contributed by atoms with Gasteiger partial charge in [0.2, 0.25) is 5.88 Å². The number of aromatic nitrogens is 2. The van der Waals surface area contributed by atoms with E-state index >= 15 is 0 Å². The van der Waals surface area contributed by atoms with E-state index in [2.05, 4.69) is 9.97 Å². The molecule has 0 fully saturated rings. The molecule has 0 radical (unpaired) electrons. The number of aryl methyl sites for hydroxylation is 1. The lowest BCUT2D eigenvalue weighted by molar-refractivity contribution is 0.374. The molecule has 2 aromatic carbocycles. The highest BCUT2D eigenvalue weighted by molar-refractivity contribution is 5.77. The van der Waals surface area contributed by atoms with Gasteiger partial charge in [-0.15, -0.1) is 0 Å². The quantitative estimate of drug-likeness (QED) is 0.793. The topological polar surface area (TPSA) is 70.3 Å². The summed E-state index contributed by atoms with van der Waals surface area (Å²) >= 11 is 0. The summed E-state index contributed by atoms with van der Waals surface area (Å²) in [6.07, 6.45) is 1.45. The van der Waals surface area contributed by atoms with Crippen molar-refractivity contribution >= 4 is 5.69 Å². The molecule has 0 unspecified atom stereocenters. The van der Waals surface area contributed by atoms with Gasteiger partial charge in [-0.2, -0.15) is 4.98 Å². The SMILES string of the molecule is COc1ccccc1Oc1ncnc(-c2ccccc2C)c1N. The van der Waals surface area contributed by atoms with Crippen LogP contribution in [0.25, 0.3) is 11.3 Å². The molecule has 23 heavy (non-hydrogen) atoms. The van der Waals surface area contributed by atoms with Crippen LogP contribution in [-0.2, 0) is 0 Å². The van der Waals surface area contributed by atoms with Gasteiger partial charge in [-0.1, -0.05) is 36.4 Å². The molecular weight excluding hydrogens is 290 g/mol. The lowest BCUT2D eigenvalue weighted by Crippen LogP contribution is -2.01. The Labute approximate surface area is 134 Å². The van der Waals surface area contributed by atoms with Gasteiger partial charge in [0, 0.05) is 5.56 Å². The summed E-state index contributed by atoms with van der Waals surface area (Å²) in [5.41, 5.74) is 9.32. The predicted octanol–water partition coefficient (Wildman–Crippen LogP) is 3.84. The third-order valence-corrected chi connectivity index (χ3v) is 3.52. The minimum atomic E-state index is 0.308. The van der Waals surface area contributed by atoms with Crippen molar-refractivity contribution in [3.05, 3.63) is 60.4 Å². The Hall–Kier alpha value is -3.08. The number of nitrogens with zero attached hydrogens (tertiary/aromatic N) is 2. The number of nitrogen functional groups attached to an aromatic ring is 1. The van der Waals surface area contributed by atoms with Crippen molar-refractivity contribution in [3.63, 3.8) is 0 Å². The molecule has 116 valence electrons. The van der Waals surface area contributed by atoms with E-state index in [1.54, 1.807) is 13.2 Å². The molecule has 0 spiro atoms. The monoisotopic (exact) mass is 307 g/mol. The Kier molecular flexibility index (Phi) is 4.10. The maximum atomic E-state index is 6.23. The predicted molar refractivity (Wildman–Crippen MR) is 89.7 cm³/mol. The van der Waals surface area contributed by atoms with Gasteiger partial charge in [0.1, 0.15) is 17.7 Å². The highest BCUT2D eigenvalue weighted by atomic mass is 16.5. The third-order valence-electron chi connectivity index (χ3n) is 3.52. The van der Waals surface area contributed by atoms with Crippen molar-refractivity contribution in [1.82, 2.24) is 9.97 Å². The molecule has 0 aliphatic heterocycles. The van der Waals surface area contributed by atoms with Gasteiger partial charge in [0.15, 0.2) is 11.5 Å². The van der Waals surface area contributed by atoms with Crippen LogP contribution in [0.2, 0.25) is 0 Å². The van der Waals surface area contributed by atoms with Gasteiger partial charge in [0.05, 0.1) is 7.11 Å². The first kappa shape index (κ1) is 14.8. The number of rotatable bonds is 4. The van der Waals surface area contributed by atoms with Crippen molar-refractivity contribution in [2.75, 3.05) is 12.8 Å². The highest BCUT2D eigenvalue weighted by Crippen LogP contribution is 2.36.